The van der Waals surface area contributed by atoms with E-state index in [1.54, 1.807) is 36.5 Å². The predicted octanol–water partition coefficient (Wildman–Crippen LogP) is 18.6. The molecule has 12 aromatic carbocycles. The second-order valence-electron chi connectivity index (χ2n) is 20.5. The minimum atomic E-state index is -4.68. The monoisotopic (exact) mass is 1360 g/mol. The first-order valence-corrected chi connectivity index (χ1v) is 31.7. The van der Waals surface area contributed by atoms with Crippen molar-refractivity contribution in [1.29, 1.82) is 0 Å². The Morgan fingerprint density at radius 1 is 0.261 bits per heavy atom. The van der Waals surface area contributed by atoms with Gasteiger partial charge in [0.1, 0.15) is 34.5 Å². The molecule has 0 bridgehead atoms. The molecule has 3 aliphatic rings. The largest absolute Gasteiger partial charge is 3.00 e. The Hall–Kier alpha value is -8.67. The van der Waals surface area contributed by atoms with Gasteiger partial charge in [-0.2, -0.15) is 0 Å². The summed E-state index contributed by atoms with van der Waals surface area (Å²) in [5, 5.41) is 10.9. The van der Waals surface area contributed by atoms with Crippen LogP contribution in [0.4, 0.5) is 0 Å². The van der Waals surface area contributed by atoms with Crippen LogP contribution in [0.1, 0.15) is 33.4 Å². The van der Waals surface area contributed by atoms with Gasteiger partial charge in [0.15, 0.2) is 0 Å². The van der Waals surface area contributed by atoms with Crippen molar-refractivity contribution in [3.05, 3.63) is 255 Å². The summed E-state index contributed by atoms with van der Waals surface area (Å²) < 4.78 is 71.0. The second kappa shape index (κ2) is 23.5. The third-order valence-corrected chi connectivity index (χ3v) is 17.9. The summed E-state index contributed by atoms with van der Waals surface area (Å²) in [7, 11) is -14.0. The van der Waals surface area contributed by atoms with Crippen molar-refractivity contribution in [3.8, 4) is 67.9 Å². The van der Waals surface area contributed by atoms with E-state index >= 15 is 0 Å². The summed E-state index contributed by atoms with van der Waals surface area (Å²) in [4.78, 5) is 38.2. The molecule has 12 nitrogen and oxygen atoms in total. The summed E-state index contributed by atoms with van der Waals surface area (Å²) in [5.74, 6) is 1.35. The van der Waals surface area contributed by atoms with E-state index in [4.69, 9.17) is 27.1 Å². The van der Waals surface area contributed by atoms with Crippen LogP contribution in [0.2, 0.25) is 0 Å². The van der Waals surface area contributed by atoms with Gasteiger partial charge in [0.2, 0.25) is 0 Å². The summed E-state index contributed by atoms with van der Waals surface area (Å²) in [6, 6.07) is 57.9. The van der Waals surface area contributed by atoms with E-state index in [0.717, 1.165) is 64.6 Å². The quantitative estimate of drug-likeness (QED) is 0.144. The van der Waals surface area contributed by atoms with Crippen molar-refractivity contribution >= 4 is 125 Å². The zero-order valence-electron chi connectivity index (χ0n) is 46.6. The Kier molecular flexibility index (Phi) is 15.9. The van der Waals surface area contributed by atoms with E-state index in [0.29, 0.717) is 66.8 Å². The molecule has 431 valence electrons. The fraction of sp³-hybridized carbons (Fsp3) is 0. The molecule has 0 saturated carbocycles. The van der Waals surface area contributed by atoms with Crippen LogP contribution in [-0.2, 0) is 13.7 Å². The molecule has 0 aromatic heterocycles. The van der Waals surface area contributed by atoms with Crippen LogP contribution in [0.25, 0.3) is 134 Å². The average molecular weight is 1360 g/mol. The molecule has 12 aromatic rings. The molecule has 0 amide bonds. The molecule has 0 spiro atoms. The van der Waals surface area contributed by atoms with E-state index in [1.165, 1.54) is 0 Å². The number of rotatable bonds is 6. The molecule has 0 N–H and O–H groups in total. The minimum Gasteiger partial charge on any atom is -0.736 e. The Morgan fingerprint density at radius 3 is 0.534 bits per heavy atom. The number of hydrogen-bond donors (Lipinski definition) is 0. The van der Waals surface area contributed by atoms with Crippen LogP contribution in [0, 0.1) is 39.9 Å². The predicted molar refractivity (Wildman–Crippen MR) is 348 cm³/mol. The Labute approximate surface area is 538 Å². The van der Waals surface area contributed by atoms with Crippen LogP contribution in [0.3, 0.4) is 0 Å². The van der Waals surface area contributed by atoms with Crippen LogP contribution < -0.4 is 41.8 Å². The molecule has 3 heterocycles. The van der Waals surface area contributed by atoms with Gasteiger partial charge in [0.05, 0.1) is 0 Å². The van der Waals surface area contributed by atoms with Gasteiger partial charge in [-0.15, -0.1) is 0 Å². The zero-order chi connectivity index (χ0) is 60.5. The molecule has 0 fully saturated rings. The molecule has 88 heavy (non-hydrogen) atoms. The smallest absolute Gasteiger partial charge is 0.736 e. The Balaban J connectivity index is 0.000000128. The van der Waals surface area contributed by atoms with Gasteiger partial charge in [-0.3, -0.25) is 0 Å². The van der Waals surface area contributed by atoms with E-state index in [-0.39, 0.29) is 74.4 Å². The Bertz CT molecular complexity index is 4370. The summed E-state index contributed by atoms with van der Waals surface area (Å²) >= 11 is 0. The summed E-state index contributed by atoms with van der Waals surface area (Å²) in [6.45, 7) is 23.1. The van der Waals surface area contributed by atoms with Crippen LogP contribution in [0.5, 0.6) is 34.5 Å². The molecule has 0 unspecified atom stereocenters. The maximum atomic E-state index is 12.7. The van der Waals surface area contributed by atoms with E-state index in [2.05, 4.69) is 39.5 Å². The molecule has 16 heteroatoms. The van der Waals surface area contributed by atoms with Crippen LogP contribution in [0.15, 0.2) is 221 Å². The number of fused-ring (bicyclic) bond motifs is 21. The molecular weight excluding hydrogens is 1310 g/mol. The fourth-order valence-corrected chi connectivity index (χ4v) is 14.5. The third kappa shape index (κ3) is 10.5. The Morgan fingerprint density at radius 2 is 0.398 bits per heavy atom. The molecule has 15 rings (SSSR count). The molecule has 0 saturated heterocycles. The van der Waals surface area contributed by atoms with Crippen LogP contribution in [-0.4, -0.2) is 0 Å². The summed E-state index contributed by atoms with van der Waals surface area (Å²) in [6.07, 6.45) is 9.56. The number of phosphoric acid groups is 3. The van der Waals surface area contributed by atoms with Crippen molar-refractivity contribution in [2.75, 3.05) is 0 Å². The molecule has 3 aliphatic heterocycles. The van der Waals surface area contributed by atoms with Gasteiger partial charge in [0.25, 0.3) is 0 Å². The topological polar surface area (TPSA) is 176 Å². The van der Waals surface area contributed by atoms with Gasteiger partial charge in [0, 0.05) is 66.8 Å². The first-order chi connectivity index (χ1) is 42.1. The van der Waals surface area contributed by atoms with Gasteiger partial charge < -0.3 is 41.8 Å². The number of hydrogen-bond acceptors (Lipinski definition) is 12. The van der Waals surface area contributed by atoms with Crippen molar-refractivity contribution in [2.45, 2.75) is 0 Å². The van der Waals surface area contributed by atoms with Gasteiger partial charge in [-0.1, -0.05) is 222 Å². The first kappa shape index (κ1) is 59.7. The second-order valence-corrected chi connectivity index (χ2v) is 24.2. The molecule has 1 radical (unpaired) electrons. The van der Waals surface area contributed by atoms with E-state index in [9.17, 15) is 28.4 Å². The van der Waals surface area contributed by atoms with Gasteiger partial charge in [-0.25, -0.2) is 13.7 Å². The molecule has 0 atom stereocenters. The van der Waals surface area contributed by atoms with E-state index < -0.39 is 23.5 Å². The van der Waals surface area contributed by atoms with E-state index in [1.807, 2.05) is 182 Å². The normalized spacial score (nSPS) is 14.1. The first-order valence-electron chi connectivity index (χ1n) is 27.3. The fourth-order valence-electron chi connectivity index (χ4n) is 11.8. The molecule has 0 aliphatic carbocycles. The van der Waals surface area contributed by atoms with Gasteiger partial charge in [-0.05, 0) is 101 Å². The standard InChI is InChI=1S/3C24H17O4P.Gd/c3*1-3-15-13-17-9-5-7-11-19(17)21-22-20-12-8-6-10-18(20)14-16(4-2)24(22)28-29(25,26)27-23(15)21;/h3*3-14H,1-2H2,(H,25,26);/q;;;+3/p-3. The number of phosphoric ester groups is 3. The van der Waals surface area contributed by atoms with Crippen molar-refractivity contribution < 1.29 is 95.5 Å². The maximum absolute atomic E-state index is 12.7. The van der Waals surface area contributed by atoms with Crippen LogP contribution >= 0.6 is 23.5 Å². The summed E-state index contributed by atoms with van der Waals surface area (Å²) in [5.41, 5.74) is 7.50. The van der Waals surface area contributed by atoms with Crippen molar-refractivity contribution in [2.24, 2.45) is 0 Å². The minimum absolute atomic E-state index is 0. The zero-order valence-corrected chi connectivity index (χ0v) is 51.6. The third-order valence-electron chi connectivity index (χ3n) is 15.5. The van der Waals surface area contributed by atoms with Crippen molar-refractivity contribution in [1.82, 2.24) is 0 Å². The number of benzene rings is 12. The molecular formula is C72H48GdO12P3. The maximum Gasteiger partial charge on any atom is 3.00 e. The van der Waals surface area contributed by atoms with Crippen molar-refractivity contribution in [3.63, 3.8) is 0 Å². The average Bonchev–Trinajstić information content (AvgIpc) is 1.44. The SMILES string of the molecule is C=Cc1cc2ccccc2c2c1OP(=O)([O-])Oc1c(C=C)cc3ccccc3c1-2.C=Cc1cc2ccccc2c2c1OP(=O)([O-])Oc1c(C=C)cc3ccccc3c1-2.C=Cc1cc2ccccc2c2c1OP(=O)([O-])Oc1c(C=C)cc3ccccc3c1-2.[Gd+3]. The van der Waals surface area contributed by atoms with Gasteiger partial charge >= 0.3 is 63.4 Å².